The van der Waals surface area contributed by atoms with Gasteiger partial charge in [0, 0.05) is 12.1 Å². The van der Waals surface area contributed by atoms with Gasteiger partial charge in [-0.25, -0.2) is 4.79 Å². The van der Waals surface area contributed by atoms with Gasteiger partial charge in [-0.1, -0.05) is 0 Å². The van der Waals surface area contributed by atoms with Crippen molar-refractivity contribution in [3.63, 3.8) is 0 Å². The number of nitrogens with one attached hydrogen (secondary N) is 1. The van der Waals surface area contributed by atoms with Gasteiger partial charge in [-0.05, 0) is 0 Å². The number of aromatic nitrogens is 1. The molecule has 2 aromatic heterocycles. The maximum absolute atomic E-state index is 10.9. The van der Waals surface area contributed by atoms with Gasteiger partial charge in [0.05, 0.1) is 11.8 Å². The van der Waals surface area contributed by atoms with Crippen LogP contribution in [0.1, 0.15) is 10.4 Å². The molecule has 2 aromatic rings. The van der Waals surface area contributed by atoms with E-state index in [9.17, 15) is 9.59 Å². The third-order valence-electron chi connectivity index (χ3n) is 1.67. The van der Waals surface area contributed by atoms with Gasteiger partial charge in [0.2, 0.25) is 5.56 Å². The minimum absolute atomic E-state index is 0.122. The van der Waals surface area contributed by atoms with E-state index in [1.54, 1.807) is 0 Å². The quantitative estimate of drug-likeness (QED) is 0.678. The normalized spacial score (nSPS) is 10.5. The maximum atomic E-state index is 10.9. The first-order chi connectivity index (χ1) is 6.18. The van der Waals surface area contributed by atoms with Crippen LogP contribution in [-0.4, -0.2) is 16.1 Å². The van der Waals surface area contributed by atoms with Gasteiger partial charge >= 0.3 is 5.97 Å². The first kappa shape index (κ1) is 7.60. The predicted octanol–water partition coefficient (Wildman–Crippen LogP) is 0.819. The van der Waals surface area contributed by atoms with E-state index in [2.05, 4.69) is 4.98 Å². The molecule has 5 heteroatoms. The molecule has 0 aliphatic rings. The average molecular weight is 179 g/mol. The largest absolute Gasteiger partial charge is 0.478 e. The third-order valence-corrected chi connectivity index (χ3v) is 1.67. The zero-order valence-corrected chi connectivity index (χ0v) is 6.40. The molecule has 0 spiro atoms. The molecule has 2 N–H and O–H groups in total. The Morgan fingerprint density at radius 2 is 2.31 bits per heavy atom. The van der Waals surface area contributed by atoms with Gasteiger partial charge in [-0.15, -0.1) is 0 Å². The zero-order chi connectivity index (χ0) is 9.42. The molecule has 0 unspecified atom stereocenters. The molecular weight excluding hydrogens is 174 g/mol. The predicted molar refractivity (Wildman–Crippen MR) is 43.8 cm³/mol. The number of carbonyl (C=O) groups is 1. The first-order valence-corrected chi connectivity index (χ1v) is 3.52. The van der Waals surface area contributed by atoms with Crippen LogP contribution in [-0.2, 0) is 0 Å². The standard InChI is InChI=1S/C8H5NO4/c10-6-3-4(8(11)12)7-5(9-6)1-2-13-7/h1-3H,(H,9,10)(H,11,12). The third kappa shape index (κ3) is 1.10. The van der Waals surface area contributed by atoms with Crippen LogP contribution in [0.4, 0.5) is 0 Å². The maximum Gasteiger partial charge on any atom is 0.339 e. The summed E-state index contributed by atoms with van der Waals surface area (Å²) in [5, 5.41) is 8.71. The number of carboxylic acids is 1. The van der Waals surface area contributed by atoms with Crippen LogP contribution >= 0.6 is 0 Å². The lowest BCUT2D eigenvalue weighted by Crippen LogP contribution is -2.08. The van der Waals surface area contributed by atoms with E-state index in [-0.39, 0.29) is 11.1 Å². The fraction of sp³-hybridized carbons (Fsp3) is 0. The number of aromatic carboxylic acids is 1. The Bertz CT molecular complexity index is 522. The lowest BCUT2D eigenvalue weighted by atomic mass is 10.2. The summed E-state index contributed by atoms with van der Waals surface area (Å²) >= 11 is 0. The molecule has 0 bridgehead atoms. The molecular formula is C8H5NO4. The fourth-order valence-electron chi connectivity index (χ4n) is 1.14. The van der Waals surface area contributed by atoms with Crippen molar-refractivity contribution >= 4 is 17.1 Å². The molecule has 66 valence electrons. The number of fused-ring (bicyclic) bond motifs is 1. The molecule has 0 aliphatic heterocycles. The topological polar surface area (TPSA) is 83.3 Å². The number of H-pyrrole nitrogens is 1. The number of aromatic amines is 1. The van der Waals surface area contributed by atoms with Crippen molar-refractivity contribution in [2.24, 2.45) is 0 Å². The smallest absolute Gasteiger partial charge is 0.339 e. The van der Waals surface area contributed by atoms with E-state index in [4.69, 9.17) is 9.52 Å². The summed E-state index contributed by atoms with van der Waals surface area (Å²) in [5.41, 5.74) is 0.00653. The van der Waals surface area contributed by atoms with E-state index in [1.807, 2.05) is 0 Å². The highest BCUT2D eigenvalue weighted by Crippen LogP contribution is 2.15. The van der Waals surface area contributed by atoms with Crippen LogP contribution in [0.3, 0.4) is 0 Å². The molecule has 0 saturated carbocycles. The second-order valence-corrected chi connectivity index (χ2v) is 2.52. The Morgan fingerprint density at radius 1 is 1.54 bits per heavy atom. The van der Waals surface area contributed by atoms with Crippen molar-refractivity contribution in [1.29, 1.82) is 0 Å². The SMILES string of the molecule is O=C(O)c1cc(=O)[nH]c2ccoc12. The van der Waals surface area contributed by atoms with Crippen molar-refractivity contribution < 1.29 is 14.3 Å². The number of furan rings is 1. The Morgan fingerprint density at radius 3 is 3.00 bits per heavy atom. The molecule has 2 heterocycles. The summed E-state index contributed by atoms with van der Waals surface area (Å²) < 4.78 is 4.91. The van der Waals surface area contributed by atoms with Crippen molar-refractivity contribution in [2.75, 3.05) is 0 Å². The monoisotopic (exact) mass is 179 g/mol. The minimum Gasteiger partial charge on any atom is -0.478 e. The number of hydrogen-bond acceptors (Lipinski definition) is 3. The molecule has 0 atom stereocenters. The first-order valence-electron chi connectivity index (χ1n) is 3.52. The van der Waals surface area contributed by atoms with Crippen LogP contribution < -0.4 is 5.56 Å². The second kappa shape index (κ2) is 2.48. The van der Waals surface area contributed by atoms with Gasteiger partial charge in [-0.3, -0.25) is 4.79 Å². The van der Waals surface area contributed by atoms with Gasteiger partial charge in [0.25, 0.3) is 0 Å². The second-order valence-electron chi connectivity index (χ2n) is 2.52. The Balaban J connectivity index is 2.93. The van der Waals surface area contributed by atoms with Crippen LogP contribution in [0.5, 0.6) is 0 Å². The van der Waals surface area contributed by atoms with E-state index in [0.717, 1.165) is 6.07 Å². The number of rotatable bonds is 1. The number of pyridine rings is 1. The molecule has 0 aliphatic carbocycles. The van der Waals surface area contributed by atoms with Crippen LogP contribution in [0.25, 0.3) is 11.1 Å². The van der Waals surface area contributed by atoms with Gasteiger partial charge < -0.3 is 14.5 Å². The fourth-order valence-corrected chi connectivity index (χ4v) is 1.14. The highest BCUT2D eigenvalue weighted by Gasteiger charge is 2.12. The lowest BCUT2D eigenvalue weighted by molar-refractivity contribution is 0.0697. The molecule has 0 amide bonds. The Hall–Kier alpha value is -2.04. The summed E-state index contributed by atoms with van der Waals surface area (Å²) in [6, 6.07) is 2.50. The molecule has 5 nitrogen and oxygen atoms in total. The summed E-state index contributed by atoms with van der Waals surface area (Å²) in [7, 11) is 0. The average Bonchev–Trinajstić information content (AvgIpc) is 2.49. The molecule has 0 radical (unpaired) electrons. The summed E-state index contributed by atoms with van der Waals surface area (Å²) in [6.07, 6.45) is 1.33. The van der Waals surface area contributed by atoms with Gasteiger partial charge in [-0.2, -0.15) is 0 Å². The van der Waals surface area contributed by atoms with E-state index in [1.165, 1.54) is 12.3 Å². The van der Waals surface area contributed by atoms with Crippen LogP contribution in [0.15, 0.2) is 27.6 Å². The Kier molecular flexibility index (Phi) is 1.45. The lowest BCUT2D eigenvalue weighted by Gasteiger charge is -1.93. The molecule has 0 saturated heterocycles. The Labute approximate surface area is 71.6 Å². The van der Waals surface area contributed by atoms with Crippen molar-refractivity contribution in [1.82, 2.24) is 4.98 Å². The van der Waals surface area contributed by atoms with Crippen LogP contribution in [0, 0.1) is 0 Å². The highest BCUT2D eigenvalue weighted by atomic mass is 16.4. The van der Waals surface area contributed by atoms with E-state index in [0.29, 0.717) is 5.52 Å². The van der Waals surface area contributed by atoms with Crippen LogP contribution in [0.2, 0.25) is 0 Å². The summed E-state index contributed by atoms with van der Waals surface area (Å²) in [4.78, 5) is 24.1. The molecule has 0 aromatic carbocycles. The summed E-state index contributed by atoms with van der Waals surface area (Å²) in [5.74, 6) is -1.17. The van der Waals surface area contributed by atoms with Gasteiger partial charge in [0.1, 0.15) is 5.56 Å². The minimum atomic E-state index is -1.17. The van der Waals surface area contributed by atoms with E-state index >= 15 is 0 Å². The van der Waals surface area contributed by atoms with Gasteiger partial charge in [0.15, 0.2) is 5.58 Å². The molecule has 2 rings (SSSR count). The van der Waals surface area contributed by atoms with Crippen molar-refractivity contribution in [3.05, 3.63) is 34.3 Å². The highest BCUT2D eigenvalue weighted by molar-refractivity contribution is 5.99. The zero-order valence-electron chi connectivity index (χ0n) is 6.40. The number of hydrogen-bond donors (Lipinski definition) is 2. The van der Waals surface area contributed by atoms with E-state index < -0.39 is 11.5 Å². The summed E-state index contributed by atoms with van der Waals surface area (Å²) in [6.45, 7) is 0. The number of carboxylic acid groups (broad SMARTS) is 1. The molecule has 13 heavy (non-hydrogen) atoms. The van der Waals surface area contributed by atoms with Crippen molar-refractivity contribution in [2.45, 2.75) is 0 Å². The molecule has 0 fully saturated rings. The van der Waals surface area contributed by atoms with Crippen molar-refractivity contribution in [3.8, 4) is 0 Å².